The van der Waals surface area contributed by atoms with Gasteiger partial charge in [0.05, 0.1) is 0 Å². The molecule has 2 aromatic heterocycles. The summed E-state index contributed by atoms with van der Waals surface area (Å²) in [6.45, 7) is 1.81. The fraction of sp³-hybridized carbons (Fsp3) is 0.154. The van der Waals surface area contributed by atoms with Crippen molar-refractivity contribution in [3.05, 3.63) is 48.0 Å². The molecule has 3 aromatic rings. The maximum Gasteiger partial charge on any atom is 0.204 e. The number of hydrogen-bond acceptors (Lipinski definition) is 6. The summed E-state index contributed by atoms with van der Waals surface area (Å²) in [4.78, 5) is 12.7. The number of hydrogen-bond donors (Lipinski definition) is 0. The topological polar surface area (TPSA) is 64.5 Å². The zero-order valence-corrected chi connectivity index (χ0v) is 11.1. The Kier molecular flexibility index (Phi) is 3.33. The fourth-order valence-corrected chi connectivity index (χ4v) is 2.55. The van der Waals surface area contributed by atoms with Crippen LogP contribution in [0, 0.1) is 6.92 Å². The van der Waals surface area contributed by atoms with Gasteiger partial charge in [0, 0.05) is 5.75 Å². The Morgan fingerprint density at radius 3 is 2.74 bits per heavy atom. The van der Waals surface area contributed by atoms with Gasteiger partial charge in [0.25, 0.3) is 0 Å². The van der Waals surface area contributed by atoms with E-state index in [1.807, 2.05) is 25.1 Å². The lowest BCUT2D eigenvalue weighted by Crippen LogP contribution is -1.98. The van der Waals surface area contributed by atoms with Crippen LogP contribution in [0.2, 0.25) is 0 Å². The molecule has 5 nitrogen and oxygen atoms in total. The summed E-state index contributed by atoms with van der Waals surface area (Å²) in [6.07, 6.45) is 1.50. The van der Waals surface area contributed by atoms with E-state index in [0.29, 0.717) is 11.5 Å². The van der Waals surface area contributed by atoms with Gasteiger partial charge in [-0.2, -0.15) is 0 Å². The Bertz CT molecular complexity index is 702. The fourth-order valence-electron chi connectivity index (χ4n) is 1.66. The molecule has 0 aliphatic rings. The SMILES string of the molecule is Cc1nnc2ncnc(SCc3ccccc3)c2n1. The maximum atomic E-state index is 4.37. The molecule has 0 saturated carbocycles. The quantitative estimate of drug-likeness (QED) is 0.537. The van der Waals surface area contributed by atoms with E-state index >= 15 is 0 Å². The molecule has 0 amide bonds. The van der Waals surface area contributed by atoms with Crippen LogP contribution in [-0.4, -0.2) is 25.1 Å². The first kappa shape index (κ1) is 12.0. The zero-order valence-electron chi connectivity index (χ0n) is 10.3. The highest BCUT2D eigenvalue weighted by Crippen LogP contribution is 2.24. The Morgan fingerprint density at radius 2 is 1.89 bits per heavy atom. The molecule has 1 aromatic carbocycles. The van der Waals surface area contributed by atoms with Crippen molar-refractivity contribution >= 4 is 22.9 Å². The van der Waals surface area contributed by atoms with E-state index in [1.54, 1.807) is 11.8 Å². The van der Waals surface area contributed by atoms with Gasteiger partial charge in [-0.1, -0.05) is 42.1 Å². The standard InChI is InChI=1S/C13H11N5S/c1-9-16-11-12(18-17-9)14-8-15-13(11)19-7-10-5-3-2-4-6-10/h2-6,8H,7H2,1H3. The van der Waals surface area contributed by atoms with Crippen molar-refractivity contribution in [1.82, 2.24) is 25.1 Å². The minimum atomic E-state index is 0.538. The molecule has 0 N–H and O–H groups in total. The zero-order chi connectivity index (χ0) is 13.1. The van der Waals surface area contributed by atoms with Crippen LogP contribution in [-0.2, 0) is 5.75 Å². The van der Waals surface area contributed by atoms with Crippen LogP contribution in [0.4, 0.5) is 0 Å². The highest BCUT2D eigenvalue weighted by Gasteiger charge is 2.08. The molecule has 0 aliphatic carbocycles. The van der Waals surface area contributed by atoms with E-state index in [4.69, 9.17) is 0 Å². The van der Waals surface area contributed by atoms with Crippen LogP contribution in [0.5, 0.6) is 0 Å². The summed E-state index contributed by atoms with van der Waals surface area (Å²) in [5, 5.41) is 8.77. The highest BCUT2D eigenvalue weighted by atomic mass is 32.2. The summed E-state index contributed by atoms with van der Waals surface area (Å²) in [7, 11) is 0. The van der Waals surface area contributed by atoms with Gasteiger partial charge in [-0.25, -0.2) is 15.0 Å². The number of fused-ring (bicyclic) bond motifs is 1. The van der Waals surface area contributed by atoms with E-state index in [1.165, 1.54) is 11.9 Å². The van der Waals surface area contributed by atoms with Crippen molar-refractivity contribution < 1.29 is 0 Å². The second-order valence-corrected chi connectivity index (χ2v) is 4.95. The second kappa shape index (κ2) is 5.27. The first-order chi connectivity index (χ1) is 9.33. The molecular formula is C13H11N5S. The van der Waals surface area contributed by atoms with E-state index in [0.717, 1.165) is 16.3 Å². The molecule has 0 spiro atoms. The third-order valence-electron chi connectivity index (χ3n) is 2.55. The van der Waals surface area contributed by atoms with Gasteiger partial charge in [-0.05, 0) is 12.5 Å². The van der Waals surface area contributed by atoms with E-state index < -0.39 is 0 Å². The summed E-state index contributed by atoms with van der Waals surface area (Å²) >= 11 is 1.63. The minimum Gasteiger partial charge on any atom is -0.228 e. The summed E-state index contributed by atoms with van der Waals surface area (Å²) < 4.78 is 0. The van der Waals surface area contributed by atoms with Crippen molar-refractivity contribution in [3.8, 4) is 0 Å². The molecule has 0 atom stereocenters. The van der Waals surface area contributed by atoms with Gasteiger partial charge >= 0.3 is 0 Å². The lowest BCUT2D eigenvalue weighted by molar-refractivity contribution is 0.913. The van der Waals surface area contributed by atoms with Crippen LogP contribution in [0.25, 0.3) is 11.2 Å². The number of aromatic nitrogens is 5. The molecule has 6 heteroatoms. The van der Waals surface area contributed by atoms with E-state index in [-0.39, 0.29) is 0 Å². The van der Waals surface area contributed by atoms with Crippen molar-refractivity contribution in [1.29, 1.82) is 0 Å². The predicted octanol–water partition coefficient (Wildman–Crippen LogP) is 2.42. The predicted molar refractivity (Wildman–Crippen MR) is 73.7 cm³/mol. The Balaban J connectivity index is 1.90. The molecule has 19 heavy (non-hydrogen) atoms. The molecule has 94 valence electrons. The van der Waals surface area contributed by atoms with Crippen LogP contribution >= 0.6 is 11.8 Å². The largest absolute Gasteiger partial charge is 0.228 e. The van der Waals surface area contributed by atoms with Crippen LogP contribution in [0.15, 0.2) is 41.7 Å². The van der Waals surface area contributed by atoms with Gasteiger partial charge in [0.1, 0.15) is 22.7 Å². The number of rotatable bonds is 3. The molecule has 0 fully saturated rings. The first-order valence-electron chi connectivity index (χ1n) is 5.82. The van der Waals surface area contributed by atoms with Crippen molar-refractivity contribution in [2.24, 2.45) is 0 Å². The minimum absolute atomic E-state index is 0.538. The Hall–Kier alpha value is -2.08. The van der Waals surface area contributed by atoms with E-state index in [2.05, 4.69) is 37.3 Å². The van der Waals surface area contributed by atoms with Crippen LogP contribution < -0.4 is 0 Å². The first-order valence-corrected chi connectivity index (χ1v) is 6.80. The van der Waals surface area contributed by atoms with Gasteiger partial charge in [-0.15, -0.1) is 10.2 Å². The molecule has 3 rings (SSSR count). The van der Waals surface area contributed by atoms with E-state index in [9.17, 15) is 0 Å². The smallest absolute Gasteiger partial charge is 0.204 e. The molecule has 0 bridgehead atoms. The summed E-state index contributed by atoms with van der Waals surface area (Å²) in [5.74, 6) is 1.47. The number of nitrogens with zero attached hydrogens (tertiary/aromatic N) is 5. The lowest BCUT2D eigenvalue weighted by Gasteiger charge is -2.03. The Labute approximate surface area is 114 Å². The van der Waals surface area contributed by atoms with Crippen molar-refractivity contribution in [2.75, 3.05) is 0 Å². The van der Waals surface area contributed by atoms with Gasteiger partial charge in [0.15, 0.2) is 0 Å². The molecule has 0 aliphatic heterocycles. The van der Waals surface area contributed by atoms with Crippen LogP contribution in [0.3, 0.4) is 0 Å². The van der Waals surface area contributed by atoms with Gasteiger partial charge in [0.2, 0.25) is 5.65 Å². The number of aryl methyl sites for hydroxylation is 1. The number of benzene rings is 1. The normalized spacial score (nSPS) is 10.8. The molecule has 2 heterocycles. The second-order valence-electron chi connectivity index (χ2n) is 3.98. The average Bonchev–Trinajstić information content (AvgIpc) is 2.46. The molecule has 0 saturated heterocycles. The molecule has 0 radical (unpaired) electrons. The maximum absolute atomic E-state index is 4.37. The van der Waals surface area contributed by atoms with Gasteiger partial charge < -0.3 is 0 Å². The third kappa shape index (κ3) is 2.68. The Morgan fingerprint density at radius 1 is 1.05 bits per heavy atom. The third-order valence-corrected chi connectivity index (χ3v) is 3.60. The van der Waals surface area contributed by atoms with Crippen molar-refractivity contribution in [3.63, 3.8) is 0 Å². The highest BCUT2D eigenvalue weighted by molar-refractivity contribution is 7.98. The van der Waals surface area contributed by atoms with Crippen molar-refractivity contribution in [2.45, 2.75) is 17.7 Å². The molecular weight excluding hydrogens is 258 g/mol. The lowest BCUT2D eigenvalue weighted by atomic mass is 10.2. The summed E-state index contributed by atoms with van der Waals surface area (Å²) in [6, 6.07) is 10.3. The molecule has 0 unspecified atom stereocenters. The average molecular weight is 269 g/mol. The number of thioether (sulfide) groups is 1. The monoisotopic (exact) mass is 269 g/mol. The van der Waals surface area contributed by atoms with Crippen LogP contribution in [0.1, 0.15) is 11.4 Å². The summed E-state index contributed by atoms with van der Waals surface area (Å²) in [5.41, 5.74) is 2.50. The van der Waals surface area contributed by atoms with Gasteiger partial charge in [-0.3, -0.25) is 0 Å².